The molecule has 0 saturated heterocycles. The molecule has 0 spiro atoms. The zero-order valence-electron chi connectivity index (χ0n) is 10.9. The molecule has 0 bridgehead atoms. The molecule has 0 saturated carbocycles. The minimum absolute atomic E-state index is 0.0502. The summed E-state index contributed by atoms with van der Waals surface area (Å²) in [6.45, 7) is 5.87. The highest BCUT2D eigenvalue weighted by atomic mass is 32.1. The lowest BCUT2D eigenvalue weighted by molar-refractivity contribution is 0.101. The van der Waals surface area contributed by atoms with Crippen LogP contribution in [0.25, 0.3) is 0 Å². The molecule has 2 rings (SSSR count). The van der Waals surface area contributed by atoms with Gasteiger partial charge in [-0.3, -0.25) is 19.6 Å². The van der Waals surface area contributed by atoms with Crippen molar-refractivity contribution in [3.63, 3.8) is 0 Å². The third-order valence-electron chi connectivity index (χ3n) is 2.53. The number of hydrogen-bond acceptors (Lipinski definition) is 5. The van der Waals surface area contributed by atoms with E-state index in [1.165, 1.54) is 18.3 Å². The van der Waals surface area contributed by atoms with E-state index in [4.69, 9.17) is 0 Å². The Bertz CT molecular complexity index is 629. The van der Waals surface area contributed by atoms with E-state index in [0.717, 1.165) is 0 Å². The van der Waals surface area contributed by atoms with Gasteiger partial charge in [0, 0.05) is 19.7 Å². The van der Waals surface area contributed by atoms with Crippen LogP contribution >= 0.6 is 11.3 Å². The van der Waals surface area contributed by atoms with E-state index in [-0.39, 0.29) is 11.7 Å². The number of nitrogens with one attached hydrogen (secondary N) is 1. The van der Waals surface area contributed by atoms with Crippen molar-refractivity contribution in [1.29, 1.82) is 0 Å². The van der Waals surface area contributed by atoms with E-state index >= 15 is 0 Å². The standard InChI is InChI=1S/C12H14N4O2S/c1-4-16-6-5-9(15-16)11(18)14-12-13-7(2)10(19-12)8(3)17/h5-6H,4H2,1-3H3,(H,13,14,18). The number of rotatable bonds is 4. The molecule has 0 aliphatic carbocycles. The fourth-order valence-corrected chi connectivity index (χ4v) is 2.45. The summed E-state index contributed by atoms with van der Waals surface area (Å²) in [6, 6.07) is 1.64. The monoisotopic (exact) mass is 278 g/mol. The van der Waals surface area contributed by atoms with Crippen LogP contribution in [0.15, 0.2) is 12.3 Å². The molecule has 19 heavy (non-hydrogen) atoms. The molecule has 0 fully saturated rings. The molecule has 2 heterocycles. The van der Waals surface area contributed by atoms with Crippen LogP contribution in [-0.4, -0.2) is 26.5 Å². The van der Waals surface area contributed by atoms with Crippen LogP contribution in [0.5, 0.6) is 0 Å². The van der Waals surface area contributed by atoms with Crippen LogP contribution < -0.4 is 5.32 Å². The zero-order chi connectivity index (χ0) is 14.0. The van der Waals surface area contributed by atoms with Gasteiger partial charge in [-0.1, -0.05) is 11.3 Å². The van der Waals surface area contributed by atoms with Crippen molar-refractivity contribution in [3.8, 4) is 0 Å². The lowest BCUT2D eigenvalue weighted by Gasteiger charge is -1.97. The third-order valence-corrected chi connectivity index (χ3v) is 3.71. The number of Topliss-reactive ketones (excluding diaryl/α,β-unsaturated/α-hetero) is 1. The van der Waals surface area contributed by atoms with Crippen LogP contribution in [0, 0.1) is 6.92 Å². The predicted molar refractivity (Wildman–Crippen MR) is 72.7 cm³/mol. The summed E-state index contributed by atoms with van der Waals surface area (Å²) in [4.78, 5) is 28.0. The minimum atomic E-state index is -0.323. The first-order chi connectivity index (χ1) is 9.01. The van der Waals surface area contributed by atoms with Gasteiger partial charge in [-0.2, -0.15) is 5.10 Å². The Morgan fingerprint density at radius 1 is 1.47 bits per heavy atom. The molecule has 0 unspecified atom stereocenters. The lowest BCUT2D eigenvalue weighted by atomic mass is 10.3. The van der Waals surface area contributed by atoms with Crippen molar-refractivity contribution < 1.29 is 9.59 Å². The number of amides is 1. The second kappa shape index (κ2) is 5.31. The Hall–Kier alpha value is -2.02. The maximum absolute atomic E-state index is 11.9. The first kappa shape index (κ1) is 13.4. The van der Waals surface area contributed by atoms with Crippen LogP contribution in [-0.2, 0) is 6.54 Å². The first-order valence-corrected chi connectivity index (χ1v) is 6.66. The highest BCUT2D eigenvalue weighted by Gasteiger charge is 2.15. The maximum Gasteiger partial charge on any atom is 0.277 e. The van der Waals surface area contributed by atoms with Gasteiger partial charge in [0.15, 0.2) is 16.6 Å². The van der Waals surface area contributed by atoms with Gasteiger partial charge < -0.3 is 0 Å². The molecule has 100 valence electrons. The fourth-order valence-electron chi connectivity index (χ4n) is 1.60. The molecule has 7 heteroatoms. The van der Waals surface area contributed by atoms with E-state index in [0.29, 0.717) is 27.9 Å². The molecule has 0 radical (unpaired) electrons. The Balaban J connectivity index is 2.14. The molecule has 2 aromatic rings. The topological polar surface area (TPSA) is 76.9 Å². The molecule has 0 aliphatic rings. The second-order valence-corrected chi connectivity index (χ2v) is 5.00. The largest absolute Gasteiger partial charge is 0.296 e. The van der Waals surface area contributed by atoms with Crippen LogP contribution in [0.4, 0.5) is 5.13 Å². The summed E-state index contributed by atoms with van der Waals surface area (Å²) in [5.41, 5.74) is 0.964. The van der Waals surface area contributed by atoms with Crippen molar-refractivity contribution in [1.82, 2.24) is 14.8 Å². The van der Waals surface area contributed by atoms with Gasteiger partial charge in [0.2, 0.25) is 0 Å². The number of aromatic nitrogens is 3. The molecule has 0 aromatic carbocycles. The number of thiazole rings is 1. The molecular weight excluding hydrogens is 264 g/mol. The van der Waals surface area contributed by atoms with Crippen molar-refractivity contribution in [2.45, 2.75) is 27.3 Å². The molecule has 1 N–H and O–H groups in total. The summed E-state index contributed by atoms with van der Waals surface area (Å²) in [6.07, 6.45) is 1.74. The highest BCUT2D eigenvalue weighted by Crippen LogP contribution is 2.23. The van der Waals surface area contributed by atoms with E-state index in [2.05, 4.69) is 15.4 Å². The van der Waals surface area contributed by atoms with Gasteiger partial charge in [0.05, 0.1) is 10.6 Å². The van der Waals surface area contributed by atoms with Crippen LogP contribution in [0.3, 0.4) is 0 Å². The number of ketones is 1. The Labute approximate surface area is 114 Å². The van der Waals surface area contributed by atoms with E-state index in [9.17, 15) is 9.59 Å². The molecule has 0 aliphatic heterocycles. The zero-order valence-corrected chi connectivity index (χ0v) is 11.7. The summed E-state index contributed by atoms with van der Waals surface area (Å²) < 4.78 is 1.67. The second-order valence-electron chi connectivity index (χ2n) is 4.00. The van der Waals surface area contributed by atoms with Gasteiger partial charge in [0.1, 0.15) is 0 Å². The van der Waals surface area contributed by atoms with Gasteiger partial charge in [-0.05, 0) is 19.9 Å². The summed E-state index contributed by atoms with van der Waals surface area (Å²) in [5.74, 6) is -0.373. The molecule has 2 aromatic heterocycles. The number of anilines is 1. The van der Waals surface area contributed by atoms with Crippen molar-refractivity contribution in [2.75, 3.05) is 5.32 Å². The smallest absolute Gasteiger partial charge is 0.277 e. The minimum Gasteiger partial charge on any atom is -0.296 e. The Kier molecular flexibility index (Phi) is 3.75. The number of aryl methyl sites for hydroxylation is 2. The maximum atomic E-state index is 11.9. The summed E-state index contributed by atoms with van der Waals surface area (Å²) in [5, 5.41) is 7.17. The van der Waals surface area contributed by atoms with Crippen LogP contribution in [0.1, 0.15) is 39.7 Å². The molecule has 6 nitrogen and oxygen atoms in total. The van der Waals surface area contributed by atoms with E-state index in [1.807, 2.05) is 6.92 Å². The average Bonchev–Trinajstić information content (AvgIpc) is 2.95. The fraction of sp³-hybridized carbons (Fsp3) is 0.333. The van der Waals surface area contributed by atoms with E-state index in [1.54, 1.807) is 23.9 Å². The molecular formula is C12H14N4O2S. The van der Waals surface area contributed by atoms with Gasteiger partial charge in [-0.15, -0.1) is 0 Å². The average molecular weight is 278 g/mol. The van der Waals surface area contributed by atoms with Crippen molar-refractivity contribution >= 4 is 28.2 Å². The number of carbonyl (C=O) groups excluding carboxylic acids is 2. The first-order valence-electron chi connectivity index (χ1n) is 5.84. The van der Waals surface area contributed by atoms with Gasteiger partial charge in [-0.25, -0.2) is 4.98 Å². The Morgan fingerprint density at radius 2 is 2.21 bits per heavy atom. The van der Waals surface area contributed by atoms with Crippen molar-refractivity contribution in [2.24, 2.45) is 0 Å². The summed E-state index contributed by atoms with van der Waals surface area (Å²) in [7, 11) is 0. The van der Waals surface area contributed by atoms with Crippen LogP contribution in [0.2, 0.25) is 0 Å². The third kappa shape index (κ3) is 2.87. The number of hydrogen-bond donors (Lipinski definition) is 1. The van der Waals surface area contributed by atoms with Gasteiger partial charge in [0.25, 0.3) is 5.91 Å². The quantitative estimate of drug-likeness (QED) is 0.869. The normalized spacial score (nSPS) is 10.5. The molecule has 0 atom stereocenters. The molecule has 1 amide bonds. The SMILES string of the molecule is CCn1ccc(C(=O)Nc2nc(C)c(C(C)=O)s2)n1. The Morgan fingerprint density at radius 3 is 2.74 bits per heavy atom. The predicted octanol–water partition coefficient (Wildman–Crippen LogP) is 2.12. The number of nitrogens with zero attached hydrogens (tertiary/aromatic N) is 3. The summed E-state index contributed by atoms with van der Waals surface area (Å²) >= 11 is 1.18. The lowest BCUT2D eigenvalue weighted by Crippen LogP contribution is -2.13. The highest BCUT2D eigenvalue weighted by molar-refractivity contribution is 7.17. The van der Waals surface area contributed by atoms with Crippen molar-refractivity contribution in [3.05, 3.63) is 28.5 Å². The van der Waals surface area contributed by atoms with E-state index < -0.39 is 0 Å². The van der Waals surface area contributed by atoms with Gasteiger partial charge >= 0.3 is 0 Å². The number of carbonyl (C=O) groups is 2.